The number of anilines is 1. The van der Waals surface area contributed by atoms with E-state index in [0.29, 0.717) is 13.2 Å². The number of hydrogen-bond donors (Lipinski definition) is 0. The highest BCUT2D eigenvalue weighted by Gasteiger charge is 2.30. The van der Waals surface area contributed by atoms with Crippen molar-refractivity contribution in [2.75, 3.05) is 18.2 Å². The molecular formula is C16H18N2O2S. The van der Waals surface area contributed by atoms with E-state index in [4.69, 9.17) is 9.47 Å². The minimum absolute atomic E-state index is 0.260. The molecule has 0 radical (unpaired) electrons. The molecular weight excluding hydrogens is 284 g/mol. The van der Waals surface area contributed by atoms with E-state index in [9.17, 15) is 5.26 Å². The lowest BCUT2D eigenvalue weighted by Crippen LogP contribution is -2.31. The minimum Gasteiger partial charge on any atom is -0.334 e. The molecule has 1 aromatic carbocycles. The fourth-order valence-electron chi connectivity index (χ4n) is 2.43. The molecule has 1 aromatic rings. The van der Waals surface area contributed by atoms with E-state index in [0.717, 1.165) is 30.0 Å². The fraction of sp³-hybridized carbons (Fsp3) is 0.438. The summed E-state index contributed by atoms with van der Waals surface area (Å²) in [5, 5.41) is 10.6. The van der Waals surface area contributed by atoms with Crippen molar-refractivity contribution in [3.8, 4) is 6.07 Å². The molecule has 0 amide bonds. The quantitative estimate of drug-likeness (QED) is 0.773. The van der Waals surface area contributed by atoms with Crippen LogP contribution in [-0.4, -0.2) is 19.6 Å². The molecule has 1 saturated heterocycles. The Bertz CT molecular complexity index is 590. The molecule has 0 N–H and O–H groups in total. The Kier molecular flexibility index (Phi) is 4.49. The van der Waals surface area contributed by atoms with Gasteiger partial charge in [0, 0.05) is 17.9 Å². The number of rotatable bonds is 5. The Morgan fingerprint density at radius 1 is 1.43 bits per heavy atom. The van der Waals surface area contributed by atoms with Crippen LogP contribution in [0.4, 0.5) is 5.69 Å². The Hall–Kier alpha value is -1.48. The molecule has 0 bridgehead atoms. The number of hydrogen-bond acceptors (Lipinski definition) is 5. The van der Waals surface area contributed by atoms with Gasteiger partial charge in [0.05, 0.1) is 22.4 Å². The van der Waals surface area contributed by atoms with Crippen LogP contribution in [0.2, 0.25) is 0 Å². The van der Waals surface area contributed by atoms with Crippen molar-refractivity contribution in [1.82, 2.24) is 0 Å². The molecule has 110 valence electrons. The van der Waals surface area contributed by atoms with Gasteiger partial charge in [-0.1, -0.05) is 37.2 Å². The number of nitriles is 1. The van der Waals surface area contributed by atoms with Crippen LogP contribution < -0.4 is 4.90 Å². The molecule has 21 heavy (non-hydrogen) atoms. The van der Waals surface area contributed by atoms with Crippen LogP contribution in [0.15, 0.2) is 39.8 Å². The van der Waals surface area contributed by atoms with Crippen LogP contribution in [0.25, 0.3) is 0 Å². The largest absolute Gasteiger partial charge is 0.334 e. The van der Waals surface area contributed by atoms with Crippen molar-refractivity contribution in [3.63, 3.8) is 0 Å². The Labute approximate surface area is 129 Å². The predicted molar refractivity (Wildman–Crippen MR) is 82.6 cm³/mol. The topological polar surface area (TPSA) is 45.5 Å². The summed E-state index contributed by atoms with van der Waals surface area (Å²) in [6.07, 6.45) is 2.50. The summed E-state index contributed by atoms with van der Waals surface area (Å²) >= 11 is 1.68. The molecule has 0 saturated carbocycles. The van der Waals surface area contributed by atoms with Gasteiger partial charge in [-0.05, 0) is 18.6 Å². The van der Waals surface area contributed by atoms with Crippen LogP contribution in [0, 0.1) is 11.3 Å². The van der Waals surface area contributed by atoms with Gasteiger partial charge in [0.15, 0.2) is 13.1 Å². The second-order valence-electron chi connectivity index (χ2n) is 5.06. The molecule has 1 fully saturated rings. The molecule has 3 rings (SSSR count). The molecule has 4 nitrogen and oxygen atoms in total. The molecule has 0 aliphatic carbocycles. The molecule has 5 heteroatoms. The average Bonchev–Trinajstić information content (AvgIpc) is 2.83. The number of ether oxygens (including phenoxy) is 2. The normalized spacial score (nSPS) is 19.9. The summed E-state index contributed by atoms with van der Waals surface area (Å²) < 4.78 is 10.6. The zero-order chi connectivity index (χ0) is 14.7. The predicted octanol–water partition coefficient (Wildman–Crippen LogP) is 3.85. The third kappa shape index (κ3) is 2.93. The van der Waals surface area contributed by atoms with Gasteiger partial charge in [-0.25, -0.2) is 0 Å². The number of unbranched alkanes of at least 4 members (excludes halogenated alkanes) is 1. The maximum Gasteiger partial charge on any atom is 0.168 e. The fourth-order valence-corrected chi connectivity index (χ4v) is 3.62. The number of thioether (sulfide) groups is 1. The first-order valence-electron chi connectivity index (χ1n) is 7.24. The maximum absolute atomic E-state index is 9.52. The van der Waals surface area contributed by atoms with Gasteiger partial charge in [-0.3, -0.25) is 0 Å². The number of para-hydroxylation sites is 1. The van der Waals surface area contributed by atoms with Gasteiger partial charge in [0.1, 0.15) is 0 Å². The smallest absolute Gasteiger partial charge is 0.168 e. The van der Waals surface area contributed by atoms with Crippen molar-refractivity contribution < 1.29 is 9.47 Å². The lowest BCUT2D eigenvalue weighted by molar-refractivity contribution is -0.318. The van der Waals surface area contributed by atoms with E-state index in [1.165, 1.54) is 10.6 Å². The Morgan fingerprint density at radius 3 is 2.90 bits per heavy atom. The van der Waals surface area contributed by atoms with E-state index < -0.39 is 0 Å². The summed E-state index contributed by atoms with van der Waals surface area (Å²) in [5.74, 6) is 0. The molecule has 2 aliphatic rings. The van der Waals surface area contributed by atoms with Crippen LogP contribution in [-0.2, 0) is 9.47 Å². The minimum atomic E-state index is -0.260. The molecule has 0 spiro atoms. The van der Waals surface area contributed by atoms with E-state index in [2.05, 4.69) is 30.0 Å². The summed E-state index contributed by atoms with van der Waals surface area (Å²) in [5.41, 5.74) is 1.95. The van der Waals surface area contributed by atoms with E-state index in [1.54, 1.807) is 11.8 Å². The third-order valence-electron chi connectivity index (χ3n) is 3.61. The molecule has 0 unspecified atom stereocenters. The van der Waals surface area contributed by atoms with Crippen LogP contribution in [0.1, 0.15) is 26.2 Å². The number of nitrogens with zero attached hydrogens (tertiary/aromatic N) is 2. The summed E-state index contributed by atoms with van der Waals surface area (Å²) in [6.45, 7) is 3.46. The van der Waals surface area contributed by atoms with Gasteiger partial charge in [-0.2, -0.15) is 5.26 Å². The zero-order valence-electron chi connectivity index (χ0n) is 12.0. The monoisotopic (exact) mass is 302 g/mol. The van der Waals surface area contributed by atoms with E-state index >= 15 is 0 Å². The third-order valence-corrected chi connectivity index (χ3v) is 4.84. The van der Waals surface area contributed by atoms with Crippen molar-refractivity contribution in [3.05, 3.63) is 34.9 Å². The highest BCUT2D eigenvalue weighted by atomic mass is 32.2. The lowest BCUT2D eigenvalue weighted by Gasteiger charge is -2.28. The molecule has 2 aliphatic heterocycles. The summed E-state index contributed by atoms with van der Waals surface area (Å²) in [4.78, 5) is 3.48. The van der Waals surface area contributed by atoms with E-state index in [1.807, 2.05) is 12.1 Å². The molecule has 0 aromatic heterocycles. The van der Waals surface area contributed by atoms with Crippen molar-refractivity contribution in [1.29, 1.82) is 5.26 Å². The Morgan fingerprint density at radius 2 is 2.24 bits per heavy atom. The number of fused-ring (bicyclic) bond motifs is 1. The SMILES string of the molecule is CCCCN1/C(=C(\C#N)CC2OCO2)Sc2ccccc21. The first-order chi connectivity index (χ1) is 10.3. The van der Waals surface area contributed by atoms with Crippen LogP contribution in [0.5, 0.6) is 0 Å². The zero-order valence-corrected chi connectivity index (χ0v) is 12.9. The second-order valence-corrected chi connectivity index (χ2v) is 6.09. The van der Waals surface area contributed by atoms with Crippen molar-refractivity contribution in [2.45, 2.75) is 37.4 Å². The average molecular weight is 302 g/mol. The molecule has 2 heterocycles. The first-order valence-corrected chi connectivity index (χ1v) is 8.06. The van der Waals surface area contributed by atoms with Gasteiger partial charge < -0.3 is 14.4 Å². The van der Waals surface area contributed by atoms with E-state index in [-0.39, 0.29) is 6.29 Å². The maximum atomic E-state index is 9.52. The lowest BCUT2D eigenvalue weighted by atomic mass is 10.2. The van der Waals surface area contributed by atoms with Crippen molar-refractivity contribution in [2.24, 2.45) is 0 Å². The number of benzene rings is 1. The van der Waals surface area contributed by atoms with Gasteiger partial charge in [-0.15, -0.1) is 0 Å². The standard InChI is InChI=1S/C16H18N2O2S/c1-2-3-8-18-13-6-4-5-7-14(13)21-16(18)12(10-17)9-15-19-11-20-15/h4-7,15H,2-3,8-9,11H2,1H3/b16-12+. The van der Waals surface area contributed by atoms with Crippen LogP contribution >= 0.6 is 11.8 Å². The summed E-state index contributed by atoms with van der Waals surface area (Å²) in [6, 6.07) is 10.7. The first kappa shape index (κ1) is 14.5. The second kappa shape index (κ2) is 6.52. The van der Waals surface area contributed by atoms with Gasteiger partial charge >= 0.3 is 0 Å². The highest BCUT2D eigenvalue weighted by molar-refractivity contribution is 8.03. The summed E-state index contributed by atoms with van der Waals surface area (Å²) in [7, 11) is 0. The van der Waals surface area contributed by atoms with Gasteiger partial charge in [0.2, 0.25) is 0 Å². The van der Waals surface area contributed by atoms with Crippen LogP contribution in [0.3, 0.4) is 0 Å². The molecule has 0 atom stereocenters. The Balaban J connectivity index is 1.90. The van der Waals surface area contributed by atoms with Gasteiger partial charge in [0.25, 0.3) is 0 Å². The van der Waals surface area contributed by atoms with Crippen molar-refractivity contribution >= 4 is 17.4 Å². The highest BCUT2D eigenvalue weighted by Crippen LogP contribution is 2.47.